The van der Waals surface area contributed by atoms with Crippen LogP contribution < -0.4 is 16.1 Å². The summed E-state index contributed by atoms with van der Waals surface area (Å²) < 4.78 is 28.6. The number of aryl methyl sites for hydroxylation is 1. The van der Waals surface area contributed by atoms with Crippen LogP contribution in [-0.4, -0.2) is 30.9 Å². The van der Waals surface area contributed by atoms with Crippen molar-refractivity contribution in [1.29, 1.82) is 0 Å². The minimum Gasteiger partial charge on any atom is -0.374 e. The van der Waals surface area contributed by atoms with Crippen LogP contribution in [0.15, 0.2) is 21.7 Å². The molecule has 1 aromatic carbocycles. The first-order valence-electron chi connectivity index (χ1n) is 7.03. The molecule has 8 nitrogen and oxygen atoms in total. The fraction of sp³-hybridized carbons (Fsp3) is 0.429. The first kappa shape index (κ1) is 17.2. The number of hydrogen-bond donors (Lipinski definition) is 2. The molecule has 2 N–H and O–H groups in total. The first-order valence-corrected chi connectivity index (χ1v) is 8.92. The van der Waals surface area contributed by atoms with E-state index in [1.165, 1.54) is 0 Å². The molecule has 1 aromatic heterocycles. The van der Waals surface area contributed by atoms with Gasteiger partial charge in [-0.2, -0.15) is 4.68 Å². The normalized spacial score (nSPS) is 13.2. The number of benzene rings is 1. The maximum Gasteiger partial charge on any atom is 0.348 e. The Morgan fingerprint density at radius 1 is 1.35 bits per heavy atom. The third-order valence-corrected chi connectivity index (χ3v) is 3.91. The van der Waals surface area contributed by atoms with Gasteiger partial charge in [-0.1, -0.05) is 0 Å². The molecule has 0 saturated carbocycles. The second kappa shape index (κ2) is 6.17. The van der Waals surface area contributed by atoms with Crippen molar-refractivity contribution < 1.29 is 13.2 Å². The van der Waals surface area contributed by atoms with Gasteiger partial charge in [0.1, 0.15) is 0 Å². The van der Waals surface area contributed by atoms with Crippen molar-refractivity contribution in [1.82, 2.24) is 9.66 Å². The van der Waals surface area contributed by atoms with E-state index in [4.69, 9.17) is 4.74 Å². The van der Waals surface area contributed by atoms with Gasteiger partial charge in [0.15, 0.2) is 0 Å². The van der Waals surface area contributed by atoms with Crippen LogP contribution in [-0.2, 0) is 14.8 Å². The highest BCUT2D eigenvalue weighted by molar-refractivity contribution is 7.91. The van der Waals surface area contributed by atoms with Gasteiger partial charge in [-0.3, -0.25) is 4.79 Å². The molecule has 1 heterocycles. The SMILES string of the molecule is CCOC(C)c1cc2c(=O)n(NS(C)(=O)=O)c(=O)[nH]c2cc1C. The molecular formula is C14H19N3O5S. The zero-order valence-corrected chi connectivity index (χ0v) is 14.2. The summed E-state index contributed by atoms with van der Waals surface area (Å²) >= 11 is 0. The van der Waals surface area contributed by atoms with Crippen molar-refractivity contribution in [3.63, 3.8) is 0 Å². The lowest BCUT2D eigenvalue weighted by Crippen LogP contribution is -2.43. The van der Waals surface area contributed by atoms with Crippen molar-refractivity contribution in [3.05, 3.63) is 44.1 Å². The van der Waals surface area contributed by atoms with E-state index >= 15 is 0 Å². The first-order chi connectivity index (χ1) is 10.6. The lowest BCUT2D eigenvalue weighted by atomic mass is 10.0. The number of ether oxygens (including phenoxy) is 1. The maximum atomic E-state index is 12.4. The summed E-state index contributed by atoms with van der Waals surface area (Å²) in [4.78, 5) is 28.8. The summed E-state index contributed by atoms with van der Waals surface area (Å²) in [5, 5.41) is 0.202. The van der Waals surface area contributed by atoms with Gasteiger partial charge in [-0.25, -0.2) is 18.0 Å². The van der Waals surface area contributed by atoms with Crippen LogP contribution in [0.1, 0.15) is 31.1 Å². The predicted octanol–water partition coefficient (Wildman–Crippen LogP) is 0.599. The predicted molar refractivity (Wildman–Crippen MR) is 87.8 cm³/mol. The van der Waals surface area contributed by atoms with Gasteiger partial charge in [0.05, 0.1) is 23.3 Å². The van der Waals surface area contributed by atoms with E-state index in [0.717, 1.165) is 17.4 Å². The summed E-state index contributed by atoms with van der Waals surface area (Å²) in [5.41, 5.74) is 0.422. The third kappa shape index (κ3) is 3.62. The smallest absolute Gasteiger partial charge is 0.348 e. The van der Waals surface area contributed by atoms with Gasteiger partial charge in [0.2, 0.25) is 10.0 Å². The van der Waals surface area contributed by atoms with Crippen molar-refractivity contribution in [2.75, 3.05) is 17.7 Å². The maximum absolute atomic E-state index is 12.4. The lowest BCUT2D eigenvalue weighted by molar-refractivity contribution is 0.0760. The van der Waals surface area contributed by atoms with Gasteiger partial charge in [-0.05, 0) is 44.0 Å². The average molecular weight is 341 g/mol. The summed E-state index contributed by atoms with van der Waals surface area (Å²) in [6.07, 6.45) is 0.632. The molecule has 1 unspecified atom stereocenters. The Labute approximate surface area is 133 Å². The molecule has 2 rings (SSSR count). The van der Waals surface area contributed by atoms with Crippen LogP contribution >= 0.6 is 0 Å². The largest absolute Gasteiger partial charge is 0.374 e. The molecule has 0 saturated heterocycles. The van der Waals surface area contributed by atoms with Gasteiger partial charge in [0, 0.05) is 6.61 Å². The quantitative estimate of drug-likeness (QED) is 0.827. The van der Waals surface area contributed by atoms with E-state index in [2.05, 4.69) is 4.98 Å². The second-order valence-electron chi connectivity index (χ2n) is 5.29. The Morgan fingerprint density at radius 2 is 2.00 bits per heavy atom. The molecule has 0 bridgehead atoms. The Morgan fingerprint density at radius 3 is 2.57 bits per heavy atom. The highest BCUT2D eigenvalue weighted by Gasteiger charge is 2.15. The molecule has 0 amide bonds. The van der Waals surface area contributed by atoms with Crippen LogP contribution in [0, 0.1) is 6.92 Å². The van der Waals surface area contributed by atoms with Gasteiger partial charge in [0.25, 0.3) is 5.56 Å². The van der Waals surface area contributed by atoms with Gasteiger partial charge >= 0.3 is 5.69 Å². The Balaban J connectivity index is 2.74. The summed E-state index contributed by atoms with van der Waals surface area (Å²) in [7, 11) is -3.77. The van der Waals surface area contributed by atoms with E-state index in [0.29, 0.717) is 16.8 Å². The summed E-state index contributed by atoms with van der Waals surface area (Å²) in [6, 6.07) is 3.29. The van der Waals surface area contributed by atoms with Gasteiger partial charge in [-0.15, -0.1) is 0 Å². The van der Waals surface area contributed by atoms with E-state index < -0.39 is 21.3 Å². The highest BCUT2D eigenvalue weighted by atomic mass is 32.2. The molecule has 126 valence electrons. The minimum atomic E-state index is -3.77. The molecule has 1 atom stereocenters. The summed E-state index contributed by atoms with van der Waals surface area (Å²) in [5.74, 6) is 0. The van der Waals surface area contributed by atoms with Gasteiger partial charge < -0.3 is 9.72 Å². The number of H-pyrrole nitrogens is 1. The fourth-order valence-corrected chi connectivity index (χ4v) is 2.91. The Bertz CT molecular complexity index is 959. The Hall–Kier alpha value is -2.13. The number of aromatic nitrogens is 2. The van der Waals surface area contributed by atoms with E-state index in [9.17, 15) is 18.0 Å². The molecule has 2 aromatic rings. The molecule has 23 heavy (non-hydrogen) atoms. The van der Waals surface area contributed by atoms with Crippen molar-refractivity contribution in [2.24, 2.45) is 0 Å². The van der Waals surface area contributed by atoms with E-state index in [-0.39, 0.29) is 11.5 Å². The van der Waals surface area contributed by atoms with Crippen molar-refractivity contribution in [2.45, 2.75) is 26.9 Å². The number of aromatic amines is 1. The average Bonchev–Trinajstić information content (AvgIpc) is 2.42. The molecule has 0 aliphatic rings. The highest BCUT2D eigenvalue weighted by Crippen LogP contribution is 2.23. The van der Waals surface area contributed by atoms with Crippen LogP contribution in [0.5, 0.6) is 0 Å². The number of sulfonamides is 1. The molecule has 0 spiro atoms. The standard InChI is InChI=1S/C14H19N3O5S/c1-5-22-9(3)10-7-11-12(6-8(10)2)15-14(19)17(13(11)18)16-23(4,20)21/h6-7,9,16H,5H2,1-4H3,(H,15,19). The number of fused-ring (bicyclic) bond motifs is 1. The summed E-state index contributed by atoms with van der Waals surface area (Å²) in [6.45, 7) is 6.09. The monoisotopic (exact) mass is 341 g/mol. The second-order valence-corrected chi connectivity index (χ2v) is 7.01. The van der Waals surface area contributed by atoms with Crippen LogP contribution in [0.3, 0.4) is 0 Å². The van der Waals surface area contributed by atoms with Crippen LogP contribution in [0.2, 0.25) is 0 Å². The zero-order valence-electron chi connectivity index (χ0n) is 13.3. The Kier molecular flexibility index (Phi) is 4.62. The van der Waals surface area contributed by atoms with E-state index in [1.54, 1.807) is 12.1 Å². The number of nitrogens with one attached hydrogen (secondary N) is 2. The number of nitrogens with zero attached hydrogens (tertiary/aromatic N) is 1. The molecule has 0 aliphatic carbocycles. The fourth-order valence-electron chi connectivity index (χ4n) is 2.42. The van der Waals surface area contributed by atoms with Crippen LogP contribution in [0.25, 0.3) is 10.9 Å². The lowest BCUT2D eigenvalue weighted by Gasteiger charge is -2.16. The van der Waals surface area contributed by atoms with Crippen LogP contribution in [0.4, 0.5) is 0 Å². The zero-order chi connectivity index (χ0) is 17.4. The molecule has 0 radical (unpaired) electrons. The van der Waals surface area contributed by atoms with Crippen molar-refractivity contribution in [3.8, 4) is 0 Å². The molecule has 9 heteroatoms. The number of hydrogen-bond acceptors (Lipinski definition) is 5. The number of rotatable bonds is 5. The topological polar surface area (TPSA) is 110 Å². The van der Waals surface area contributed by atoms with Crippen molar-refractivity contribution >= 4 is 20.9 Å². The molecule has 0 aliphatic heterocycles. The minimum absolute atomic E-state index is 0.202. The van der Waals surface area contributed by atoms with E-state index in [1.807, 2.05) is 25.6 Å². The molecule has 0 fully saturated rings. The third-order valence-electron chi connectivity index (χ3n) is 3.40. The molecular weight excluding hydrogens is 322 g/mol.